The molecule has 0 aliphatic heterocycles. The molecule has 1 aromatic carbocycles. The van der Waals surface area contributed by atoms with Crippen LogP contribution in [0.3, 0.4) is 0 Å². The first-order chi connectivity index (χ1) is 9.61. The molecular formula is C16H24N2O2. The summed E-state index contributed by atoms with van der Waals surface area (Å²) < 4.78 is 5.23. The fourth-order valence-electron chi connectivity index (χ4n) is 2.86. The van der Waals surface area contributed by atoms with Gasteiger partial charge in [0.1, 0.15) is 5.75 Å². The first-order valence-corrected chi connectivity index (χ1v) is 7.32. The van der Waals surface area contributed by atoms with Gasteiger partial charge in [-0.15, -0.1) is 0 Å². The van der Waals surface area contributed by atoms with Crippen LogP contribution in [0, 0.1) is 11.8 Å². The summed E-state index contributed by atoms with van der Waals surface area (Å²) in [6, 6.07) is 7.54. The molecule has 20 heavy (non-hydrogen) atoms. The van der Waals surface area contributed by atoms with Crippen LogP contribution in [0.1, 0.15) is 33.1 Å². The Balaban J connectivity index is 1.95. The molecule has 4 nitrogen and oxygen atoms in total. The lowest BCUT2D eigenvalue weighted by atomic mass is 9.78. The summed E-state index contributed by atoms with van der Waals surface area (Å²) in [5, 5.41) is 5.96. The van der Waals surface area contributed by atoms with Gasteiger partial charge in [0.25, 0.3) is 0 Å². The summed E-state index contributed by atoms with van der Waals surface area (Å²) in [7, 11) is 1.60. The van der Waals surface area contributed by atoms with Gasteiger partial charge in [-0.2, -0.15) is 0 Å². The van der Waals surface area contributed by atoms with Crippen molar-refractivity contribution in [2.24, 2.45) is 11.8 Å². The maximum atomic E-state index is 12.1. The number of benzene rings is 1. The number of hydrogen-bond donors (Lipinski definition) is 2. The summed E-state index contributed by atoms with van der Waals surface area (Å²) >= 11 is 0. The Labute approximate surface area is 120 Å². The molecule has 1 fully saturated rings. The summed E-state index contributed by atoms with van der Waals surface area (Å²) in [5.41, 5.74) is 0.698. The number of nitrogens with one attached hydrogen (secondary N) is 2. The van der Waals surface area contributed by atoms with Crippen LogP contribution in [-0.4, -0.2) is 19.2 Å². The molecule has 1 aliphatic carbocycles. The van der Waals surface area contributed by atoms with Gasteiger partial charge >= 0.3 is 6.03 Å². The van der Waals surface area contributed by atoms with Crippen molar-refractivity contribution in [2.75, 3.05) is 12.4 Å². The summed E-state index contributed by atoms with van der Waals surface area (Å²) in [6.45, 7) is 4.48. The zero-order valence-electron chi connectivity index (χ0n) is 12.5. The van der Waals surface area contributed by atoms with Gasteiger partial charge < -0.3 is 15.4 Å². The van der Waals surface area contributed by atoms with Crippen molar-refractivity contribution in [3.05, 3.63) is 24.3 Å². The average molecular weight is 276 g/mol. The van der Waals surface area contributed by atoms with Crippen molar-refractivity contribution in [1.82, 2.24) is 5.32 Å². The van der Waals surface area contributed by atoms with Gasteiger partial charge in [0, 0.05) is 6.04 Å². The van der Waals surface area contributed by atoms with Gasteiger partial charge in [-0.25, -0.2) is 4.79 Å². The minimum absolute atomic E-state index is 0.152. The number of amides is 2. The second-order valence-corrected chi connectivity index (χ2v) is 5.67. The molecule has 2 rings (SSSR count). The molecule has 0 heterocycles. The lowest BCUT2D eigenvalue weighted by Gasteiger charge is -2.34. The van der Waals surface area contributed by atoms with Crippen LogP contribution in [-0.2, 0) is 0 Å². The highest BCUT2D eigenvalue weighted by atomic mass is 16.5. The molecule has 110 valence electrons. The fourth-order valence-corrected chi connectivity index (χ4v) is 2.86. The highest BCUT2D eigenvalue weighted by molar-refractivity contribution is 5.91. The van der Waals surface area contributed by atoms with Crippen molar-refractivity contribution in [1.29, 1.82) is 0 Å². The third kappa shape index (κ3) is 3.44. The van der Waals surface area contributed by atoms with Crippen LogP contribution < -0.4 is 15.4 Å². The fraction of sp³-hybridized carbons (Fsp3) is 0.562. The number of anilines is 1. The first kappa shape index (κ1) is 14.7. The normalized spacial score (nSPS) is 25.9. The number of rotatable bonds is 3. The van der Waals surface area contributed by atoms with E-state index in [1.165, 1.54) is 12.8 Å². The highest BCUT2D eigenvalue weighted by Gasteiger charge is 2.28. The predicted molar refractivity (Wildman–Crippen MR) is 81.1 cm³/mol. The Hall–Kier alpha value is -1.71. The van der Waals surface area contributed by atoms with Gasteiger partial charge in [-0.1, -0.05) is 38.8 Å². The molecule has 1 saturated carbocycles. The van der Waals surface area contributed by atoms with E-state index in [0.717, 1.165) is 6.42 Å². The Morgan fingerprint density at radius 1 is 1.25 bits per heavy atom. The lowest BCUT2D eigenvalue weighted by molar-refractivity contribution is 0.201. The zero-order chi connectivity index (χ0) is 14.5. The van der Waals surface area contributed by atoms with Crippen molar-refractivity contribution >= 4 is 11.7 Å². The minimum atomic E-state index is -0.152. The Morgan fingerprint density at radius 3 is 2.75 bits per heavy atom. The molecule has 1 aliphatic rings. The third-order valence-corrected chi connectivity index (χ3v) is 4.38. The number of methoxy groups -OCH3 is 1. The van der Waals surface area contributed by atoms with E-state index in [1.54, 1.807) is 7.11 Å². The number of urea groups is 1. The van der Waals surface area contributed by atoms with Crippen LogP contribution in [0.15, 0.2) is 24.3 Å². The molecule has 3 unspecified atom stereocenters. The maximum Gasteiger partial charge on any atom is 0.319 e. The van der Waals surface area contributed by atoms with Crippen LogP contribution in [0.5, 0.6) is 5.75 Å². The third-order valence-electron chi connectivity index (χ3n) is 4.38. The Kier molecular flexibility index (Phi) is 4.88. The van der Waals surface area contributed by atoms with Crippen molar-refractivity contribution in [3.63, 3.8) is 0 Å². The summed E-state index contributed by atoms with van der Waals surface area (Å²) in [6.07, 6.45) is 3.50. The number of para-hydroxylation sites is 2. The predicted octanol–water partition coefficient (Wildman–Crippen LogP) is 3.64. The largest absolute Gasteiger partial charge is 0.495 e. The molecule has 0 bridgehead atoms. The number of ether oxygens (including phenoxy) is 1. The van der Waals surface area contributed by atoms with E-state index in [-0.39, 0.29) is 12.1 Å². The van der Waals surface area contributed by atoms with E-state index < -0.39 is 0 Å². The van der Waals surface area contributed by atoms with E-state index in [9.17, 15) is 4.79 Å². The second kappa shape index (κ2) is 6.64. The van der Waals surface area contributed by atoms with Gasteiger partial charge in [-0.05, 0) is 30.4 Å². The van der Waals surface area contributed by atoms with Crippen LogP contribution in [0.25, 0.3) is 0 Å². The van der Waals surface area contributed by atoms with Gasteiger partial charge in [0.05, 0.1) is 12.8 Å². The van der Waals surface area contributed by atoms with Gasteiger partial charge in [-0.3, -0.25) is 0 Å². The molecule has 0 aromatic heterocycles. The highest BCUT2D eigenvalue weighted by Crippen LogP contribution is 2.29. The number of hydrogen-bond acceptors (Lipinski definition) is 2. The smallest absolute Gasteiger partial charge is 0.319 e. The molecular weight excluding hydrogens is 252 g/mol. The number of carbonyl (C=O) groups excluding carboxylic acids is 1. The molecule has 2 amide bonds. The molecule has 1 aromatic rings. The van der Waals surface area contributed by atoms with E-state index in [4.69, 9.17) is 4.74 Å². The number of carbonyl (C=O) groups is 1. The second-order valence-electron chi connectivity index (χ2n) is 5.67. The quantitative estimate of drug-likeness (QED) is 0.885. The van der Waals surface area contributed by atoms with E-state index in [2.05, 4.69) is 24.5 Å². The minimum Gasteiger partial charge on any atom is -0.495 e. The van der Waals surface area contributed by atoms with E-state index in [1.807, 2.05) is 24.3 Å². The van der Waals surface area contributed by atoms with Crippen molar-refractivity contribution < 1.29 is 9.53 Å². The SMILES string of the molecule is COc1ccccc1NC(=O)NC1CCCC(C)C1C. The standard InChI is InChI=1S/C16H24N2O2/c1-11-7-6-9-13(12(11)2)17-16(19)18-14-8-4-5-10-15(14)20-3/h4-5,8,10-13H,6-7,9H2,1-3H3,(H2,17,18,19). The summed E-state index contributed by atoms with van der Waals surface area (Å²) in [4.78, 5) is 12.1. The maximum absolute atomic E-state index is 12.1. The van der Waals surface area contributed by atoms with Crippen molar-refractivity contribution in [3.8, 4) is 5.75 Å². The van der Waals surface area contributed by atoms with E-state index >= 15 is 0 Å². The Morgan fingerprint density at radius 2 is 2.00 bits per heavy atom. The van der Waals surface area contributed by atoms with E-state index in [0.29, 0.717) is 23.3 Å². The zero-order valence-corrected chi connectivity index (χ0v) is 12.5. The molecule has 0 spiro atoms. The summed E-state index contributed by atoms with van der Waals surface area (Å²) in [5.74, 6) is 1.86. The van der Waals surface area contributed by atoms with Crippen LogP contribution >= 0.6 is 0 Å². The Bertz CT molecular complexity index is 462. The first-order valence-electron chi connectivity index (χ1n) is 7.32. The lowest BCUT2D eigenvalue weighted by Crippen LogP contribution is -2.45. The molecule has 4 heteroatoms. The molecule has 0 radical (unpaired) electrons. The monoisotopic (exact) mass is 276 g/mol. The van der Waals surface area contributed by atoms with Crippen LogP contribution in [0.2, 0.25) is 0 Å². The average Bonchev–Trinajstić information content (AvgIpc) is 2.44. The topological polar surface area (TPSA) is 50.4 Å². The van der Waals surface area contributed by atoms with Gasteiger partial charge in [0.2, 0.25) is 0 Å². The van der Waals surface area contributed by atoms with Crippen LogP contribution in [0.4, 0.5) is 10.5 Å². The molecule has 0 saturated heterocycles. The molecule has 2 N–H and O–H groups in total. The molecule has 3 atom stereocenters. The van der Waals surface area contributed by atoms with Gasteiger partial charge in [0.15, 0.2) is 0 Å². The van der Waals surface area contributed by atoms with Crippen molar-refractivity contribution in [2.45, 2.75) is 39.2 Å².